The number of ether oxygens (including phenoxy) is 1. The monoisotopic (exact) mass is 260 g/mol. The van der Waals surface area contributed by atoms with Gasteiger partial charge in [0.1, 0.15) is 0 Å². The topological polar surface area (TPSA) is 9.23 Å². The minimum atomic E-state index is -1.48. The van der Waals surface area contributed by atoms with Gasteiger partial charge in [-0.3, -0.25) is 0 Å². The predicted molar refractivity (Wildman–Crippen MR) is 64.2 cm³/mol. The quantitative estimate of drug-likeness (QED) is 0.463. The average Bonchev–Trinajstić information content (AvgIpc) is 2.26. The van der Waals surface area contributed by atoms with Gasteiger partial charge in [-0.15, -0.1) is 0 Å². The lowest BCUT2D eigenvalue weighted by Gasteiger charge is -2.05. The van der Waals surface area contributed by atoms with Gasteiger partial charge in [0.25, 0.3) is 0 Å². The maximum absolute atomic E-state index is 12.9. The van der Waals surface area contributed by atoms with Gasteiger partial charge in [-0.2, -0.15) is 0 Å². The van der Waals surface area contributed by atoms with Gasteiger partial charge >= 0.3 is 0 Å². The van der Waals surface area contributed by atoms with Crippen molar-refractivity contribution in [2.45, 2.75) is 13.8 Å². The molecule has 0 saturated heterocycles. The van der Waals surface area contributed by atoms with Gasteiger partial charge in [-0.25, -0.2) is 13.2 Å². The fourth-order valence-electron chi connectivity index (χ4n) is 1.21. The SMILES string of the molecule is CCOC(=S)/C(C)=C/c1cc(F)c(F)c(F)c1. The maximum atomic E-state index is 12.9. The standard InChI is InChI=1S/C12H11F3OS/c1-3-16-12(17)7(2)4-8-5-9(13)11(15)10(14)6-8/h4-6H,3H2,1-2H3/b7-4+. The van der Waals surface area contributed by atoms with Crippen molar-refractivity contribution in [3.8, 4) is 0 Å². The zero-order valence-electron chi connectivity index (χ0n) is 9.39. The number of halogens is 3. The maximum Gasteiger partial charge on any atom is 0.194 e. The van der Waals surface area contributed by atoms with Crippen molar-refractivity contribution in [3.63, 3.8) is 0 Å². The zero-order chi connectivity index (χ0) is 13.0. The minimum Gasteiger partial charge on any atom is -0.483 e. The van der Waals surface area contributed by atoms with E-state index in [1.54, 1.807) is 13.8 Å². The van der Waals surface area contributed by atoms with Crippen LogP contribution in [0.3, 0.4) is 0 Å². The Morgan fingerprint density at radius 3 is 2.29 bits per heavy atom. The number of thiocarbonyl (C=S) groups is 1. The van der Waals surface area contributed by atoms with E-state index in [1.165, 1.54) is 6.08 Å². The lowest BCUT2D eigenvalue weighted by Crippen LogP contribution is -2.02. The van der Waals surface area contributed by atoms with Crippen LogP contribution in [0.15, 0.2) is 17.7 Å². The number of rotatable bonds is 3. The second-order valence-corrected chi connectivity index (χ2v) is 3.72. The summed E-state index contributed by atoms with van der Waals surface area (Å²) in [4.78, 5) is 0. The summed E-state index contributed by atoms with van der Waals surface area (Å²) in [6.07, 6.45) is 1.43. The first kappa shape index (κ1) is 13.7. The lowest BCUT2D eigenvalue weighted by molar-refractivity contribution is 0.337. The summed E-state index contributed by atoms with van der Waals surface area (Å²) in [6.45, 7) is 3.84. The van der Waals surface area contributed by atoms with Crippen molar-refractivity contribution in [1.82, 2.24) is 0 Å². The highest BCUT2D eigenvalue weighted by atomic mass is 32.1. The van der Waals surface area contributed by atoms with Crippen LogP contribution in [-0.4, -0.2) is 11.7 Å². The smallest absolute Gasteiger partial charge is 0.194 e. The van der Waals surface area contributed by atoms with Crippen LogP contribution < -0.4 is 0 Å². The summed E-state index contributed by atoms with van der Waals surface area (Å²) < 4.78 is 43.6. The number of hydrogen-bond acceptors (Lipinski definition) is 2. The molecule has 0 saturated carbocycles. The molecule has 0 fully saturated rings. The summed E-state index contributed by atoms with van der Waals surface area (Å²) >= 11 is 4.91. The fourth-order valence-corrected chi connectivity index (χ4v) is 1.39. The molecule has 0 radical (unpaired) electrons. The summed E-state index contributed by atoms with van der Waals surface area (Å²) in [5.74, 6) is -3.94. The zero-order valence-corrected chi connectivity index (χ0v) is 10.2. The van der Waals surface area contributed by atoms with Crippen LogP contribution in [0, 0.1) is 17.5 Å². The summed E-state index contributed by atoms with van der Waals surface area (Å²) in [5.41, 5.74) is 0.744. The Kier molecular flexibility index (Phi) is 4.69. The van der Waals surface area contributed by atoms with Crippen molar-refractivity contribution >= 4 is 23.3 Å². The van der Waals surface area contributed by atoms with Crippen molar-refractivity contribution in [2.75, 3.05) is 6.61 Å². The molecule has 1 nitrogen and oxygen atoms in total. The van der Waals surface area contributed by atoms with E-state index in [0.29, 0.717) is 12.2 Å². The molecule has 1 rings (SSSR count). The van der Waals surface area contributed by atoms with Gasteiger partial charge in [0.05, 0.1) is 6.61 Å². The highest BCUT2D eigenvalue weighted by Gasteiger charge is 2.10. The summed E-state index contributed by atoms with van der Waals surface area (Å²) in [5, 5.41) is 0.248. The van der Waals surface area contributed by atoms with Crippen LogP contribution in [0.2, 0.25) is 0 Å². The third-order valence-electron chi connectivity index (χ3n) is 1.99. The van der Waals surface area contributed by atoms with Gasteiger partial charge < -0.3 is 4.74 Å². The van der Waals surface area contributed by atoms with Gasteiger partial charge in [-0.1, -0.05) is 0 Å². The van der Waals surface area contributed by atoms with Crippen molar-refractivity contribution in [2.24, 2.45) is 0 Å². The highest BCUT2D eigenvalue weighted by molar-refractivity contribution is 7.80. The Balaban J connectivity index is 3.02. The van der Waals surface area contributed by atoms with E-state index in [-0.39, 0.29) is 10.6 Å². The Hall–Kier alpha value is -1.36. The second kappa shape index (κ2) is 5.82. The third kappa shape index (κ3) is 3.56. The van der Waals surface area contributed by atoms with Crippen LogP contribution in [0.5, 0.6) is 0 Å². The molecule has 0 aliphatic heterocycles. The van der Waals surface area contributed by atoms with E-state index in [4.69, 9.17) is 17.0 Å². The molecule has 0 aliphatic carbocycles. The molecule has 0 aliphatic rings. The molecular formula is C12H11F3OS. The van der Waals surface area contributed by atoms with Crippen LogP contribution in [0.4, 0.5) is 13.2 Å². The van der Waals surface area contributed by atoms with E-state index in [9.17, 15) is 13.2 Å². The fraction of sp³-hybridized carbons (Fsp3) is 0.250. The van der Waals surface area contributed by atoms with Gasteiger partial charge in [0.15, 0.2) is 22.5 Å². The van der Waals surface area contributed by atoms with E-state index >= 15 is 0 Å². The molecule has 0 bridgehead atoms. The Labute approximate surface area is 103 Å². The first-order valence-electron chi connectivity index (χ1n) is 4.95. The molecule has 0 spiro atoms. The molecule has 0 amide bonds. The Morgan fingerprint density at radius 1 is 1.29 bits per heavy atom. The predicted octanol–water partition coefficient (Wildman–Crippen LogP) is 3.87. The first-order chi connectivity index (χ1) is 7.95. The molecule has 0 heterocycles. The lowest BCUT2D eigenvalue weighted by atomic mass is 10.1. The van der Waals surface area contributed by atoms with E-state index in [0.717, 1.165) is 12.1 Å². The third-order valence-corrected chi connectivity index (χ3v) is 2.43. The summed E-state index contributed by atoms with van der Waals surface area (Å²) in [6, 6.07) is 1.80. The van der Waals surface area contributed by atoms with Gasteiger partial charge in [-0.05, 0) is 49.8 Å². The first-order valence-corrected chi connectivity index (χ1v) is 5.36. The molecule has 1 aromatic carbocycles. The molecule has 0 aromatic heterocycles. The summed E-state index contributed by atoms with van der Waals surface area (Å²) in [7, 11) is 0. The van der Waals surface area contributed by atoms with Crippen LogP contribution in [0.1, 0.15) is 19.4 Å². The van der Waals surface area contributed by atoms with E-state index < -0.39 is 17.5 Å². The van der Waals surface area contributed by atoms with Crippen LogP contribution in [-0.2, 0) is 4.74 Å². The Morgan fingerprint density at radius 2 is 1.82 bits per heavy atom. The van der Waals surface area contributed by atoms with E-state index in [2.05, 4.69) is 0 Å². The molecule has 0 unspecified atom stereocenters. The molecule has 92 valence electrons. The van der Waals surface area contributed by atoms with Crippen LogP contribution >= 0.6 is 12.2 Å². The number of hydrogen-bond donors (Lipinski definition) is 0. The van der Waals surface area contributed by atoms with Crippen molar-refractivity contribution in [1.29, 1.82) is 0 Å². The normalized spacial score (nSPS) is 11.5. The highest BCUT2D eigenvalue weighted by Crippen LogP contribution is 2.16. The molecule has 0 atom stereocenters. The largest absolute Gasteiger partial charge is 0.483 e. The second-order valence-electron chi connectivity index (χ2n) is 3.35. The molecule has 0 N–H and O–H groups in total. The molecular weight excluding hydrogens is 249 g/mol. The van der Waals surface area contributed by atoms with E-state index in [1.807, 2.05) is 0 Å². The average molecular weight is 260 g/mol. The Bertz CT molecular complexity index is 446. The number of benzene rings is 1. The van der Waals surface area contributed by atoms with Gasteiger partial charge in [0.2, 0.25) is 0 Å². The minimum absolute atomic E-state index is 0.195. The molecule has 5 heteroatoms. The van der Waals surface area contributed by atoms with Crippen molar-refractivity contribution < 1.29 is 17.9 Å². The van der Waals surface area contributed by atoms with Crippen molar-refractivity contribution in [3.05, 3.63) is 40.7 Å². The van der Waals surface area contributed by atoms with Gasteiger partial charge in [0, 0.05) is 5.57 Å². The molecule has 1 aromatic rings. The van der Waals surface area contributed by atoms with Crippen LogP contribution in [0.25, 0.3) is 6.08 Å². The molecule has 17 heavy (non-hydrogen) atoms.